The second kappa shape index (κ2) is 5.67. The van der Waals surface area contributed by atoms with Crippen LogP contribution in [0.5, 0.6) is 0 Å². The van der Waals surface area contributed by atoms with E-state index in [1.54, 1.807) is 0 Å². The molecule has 0 radical (unpaired) electrons. The zero-order chi connectivity index (χ0) is 18.9. The first kappa shape index (κ1) is 17.7. The van der Waals surface area contributed by atoms with E-state index in [-0.39, 0.29) is 40.3 Å². The smallest absolute Gasteiger partial charge is 0.334 e. The van der Waals surface area contributed by atoms with Gasteiger partial charge in [0.2, 0.25) is 6.29 Å². The average molecular weight is 362 g/mol. The highest BCUT2D eigenvalue weighted by Gasteiger charge is 2.64. The van der Waals surface area contributed by atoms with E-state index < -0.39 is 18.4 Å². The Balaban J connectivity index is 1.67. The minimum absolute atomic E-state index is 0.118. The monoisotopic (exact) mass is 362 g/mol. The molecule has 4 rings (SSSR count). The van der Waals surface area contributed by atoms with Crippen molar-refractivity contribution in [3.8, 4) is 0 Å². The fraction of sp³-hybridized carbons (Fsp3) is 0.700. The van der Waals surface area contributed by atoms with Crippen LogP contribution in [-0.2, 0) is 19.1 Å². The maximum absolute atomic E-state index is 12.3. The number of ether oxygens (including phenoxy) is 2. The van der Waals surface area contributed by atoms with E-state index in [4.69, 9.17) is 9.47 Å². The summed E-state index contributed by atoms with van der Waals surface area (Å²) < 4.78 is 10.4. The van der Waals surface area contributed by atoms with E-state index in [0.717, 1.165) is 24.8 Å². The lowest BCUT2D eigenvalue weighted by Gasteiger charge is -2.57. The third kappa shape index (κ3) is 2.24. The van der Waals surface area contributed by atoms with Gasteiger partial charge in [-0.1, -0.05) is 26.8 Å². The van der Waals surface area contributed by atoms with E-state index in [1.165, 1.54) is 6.08 Å². The van der Waals surface area contributed by atoms with Crippen LogP contribution in [0.3, 0.4) is 0 Å². The van der Waals surface area contributed by atoms with Crippen LogP contribution in [0, 0.1) is 22.7 Å². The fourth-order valence-electron chi connectivity index (χ4n) is 5.92. The highest BCUT2D eigenvalue weighted by Crippen LogP contribution is 2.65. The van der Waals surface area contributed by atoms with Crippen molar-refractivity contribution in [2.45, 2.75) is 65.0 Å². The first-order valence-electron chi connectivity index (χ1n) is 9.37. The van der Waals surface area contributed by atoms with Gasteiger partial charge in [-0.05, 0) is 42.9 Å². The summed E-state index contributed by atoms with van der Waals surface area (Å²) in [6.45, 7) is 6.41. The Morgan fingerprint density at radius 3 is 2.69 bits per heavy atom. The molecule has 2 aliphatic carbocycles. The third-order valence-corrected chi connectivity index (χ3v) is 7.55. The lowest BCUT2D eigenvalue weighted by molar-refractivity contribution is -0.155. The number of aliphatic hydroxyl groups excluding tert-OH is 2. The fourth-order valence-corrected chi connectivity index (χ4v) is 5.92. The first-order valence-corrected chi connectivity index (χ1v) is 9.37. The predicted molar refractivity (Wildman–Crippen MR) is 91.5 cm³/mol. The molecule has 6 heteroatoms. The van der Waals surface area contributed by atoms with E-state index in [2.05, 4.69) is 20.8 Å². The second-order valence-electron chi connectivity index (χ2n) is 8.72. The van der Waals surface area contributed by atoms with Crippen molar-refractivity contribution in [2.75, 3.05) is 0 Å². The molecule has 2 fully saturated rings. The average Bonchev–Trinajstić information content (AvgIpc) is 3.02. The van der Waals surface area contributed by atoms with E-state index in [9.17, 15) is 19.8 Å². The van der Waals surface area contributed by atoms with Crippen molar-refractivity contribution in [1.82, 2.24) is 0 Å². The number of hydrogen-bond acceptors (Lipinski definition) is 6. The first-order chi connectivity index (χ1) is 12.2. The molecule has 0 amide bonds. The molecular formula is C20H26O6. The van der Waals surface area contributed by atoms with Gasteiger partial charge in [0.05, 0.1) is 6.10 Å². The van der Waals surface area contributed by atoms with Gasteiger partial charge >= 0.3 is 11.9 Å². The quantitative estimate of drug-likeness (QED) is 0.745. The topological polar surface area (TPSA) is 93.1 Å². The number of cyclic esters (lactones) is 1. The van der Waals surface area contributed by atoms with Gasteiger partial charge in [0.1, 0.15) is 6.10 Å². The molecule has 0 aromatic carbocycles. The Labute approximate surface area is 152 Å². The van der Waals surface area contributed by atoms with Crippen LogP contribution in [0.2, 0.25) is 0 Å². The molecule has 2 N–H and O–H groups in total. The van der Waals surface area contributed by atoms with Crippen molar-refractivity contribution < 1.29 is 29.3 Å². The molecule has 1 saturated carbocycles. The van der Waals surface area contributed by atoms with Crippen LogP contribution >= 0.6 is 0 Å². The summed E-state index contributed by atoms with van der Waals surface area (Å²) in [5.41, 5.74) is 0.404. The maximum Gasteiger partial charge on any atom is 0.334 e. The maximum atomic E-state index is 12.3. The van der Waals surface area contributed by atoms with Gasteiger partial charge in [-0.25, -0.2) is 9.59 Å². The SMILES string of the molecule is CC1CC2OC(=O)C3=CCCC(C1(C)CC(O)C1=CC(=O)OC1O)C32C. The molecule has 1 saturated heterocycles. The Morgan fingerprint density at radius 2 is 2.04 bits per heavy atom. The Bertz CT molecular complexity index is 724. The third-order valence-electron chi connectivity index (χ3n) is 7.55. The molecule has 7 unspecified atom stereocenters. The Morgan fingerprint density at radius 1 is 1.31 bits per heavy atom. The minimum Gasteiger partial charge on any atom is -0.458 e. The summed E-state index contributed by atoms with van der Waals surface area (Å²) in [6, 6.07) is 0. The molecule has 0 aromatic rings. The van der Waals surface area contributed by atoms with Gasteiger partial charge in [-0.3, -0.25) is 0 Å². The van der Waals surface area contributed by atoms with Crippen molar-refractivity contribution in [3.05, 3.63) is 23.3 Å². The van der Waals surface area contributed by atoms with Crippen LogP contribution in [0.1, 0.15) is 46.5 Å². The van der Waals surface area contributed by atoms with Gasteiger partial charge in [0.15, 0.2) is 0 Å². The summed E-state index contributed by atoms with van der Waals surface area (Å²) in [5.74, 6) is -0.424. The lowest BCUT2D eigenvalue weighted by atomic mass is 9.46. The number of esters is 2. The number of carbonyl (C=O) groups excluding carboxylic acids is 2. The molecule has 6 nitrogen and oxygen atoms in total. The molecule has 0 bridgehead atoms. The zero-order valence-electron chi connectivity index (χ0n) is 15.4. The van der Waals surface area contributed by atoms with E-state index in [1.807, 2.05) is 6.08 Å². The number of carbonyl (C=O) groups is 2. The predicted octanol–water partition coefficient (Wildman–Crippen LogP) is 1.85. The van der Waals surface area contributed by atoms with Crippen LogP contribution in [0.25, 0.3) is 0 Å². The van der Waals surface area contributed by atoms with Crippen molar-refractivity contribution >= 4 is 11.9 Å². The number of hydrogen-bond donors (Lipinski definition) is 2. The van der Waals surface area contributed by atoms with E-state index >= 15 is 0 Å². The summed E-state index contributed by atoms with van der Waals surface area (Å²) in [6.07, 6.45) is 3.65. The highest BCUT2D eigenvalue weighted by atomic mass is 16.6. The molecule has 7 atom stereocenters. The standard InChI is InChI=1S/C20H26O6/c1-10-7-15-20(3)12(18(24)25-15)5-4-6-14(20)19(10,2)9-13(21)11-8-16(22)26-17(11)23/h5,8,10,13-15,17,21,23H,4,6-7,9H2,1-3H3. The highest BCUT2D eigenvalue weighted by molar-refractivity contribution is 5.93. The minimum atomic E-state index is -1.37. The second-order valence-corrected chi connectivity index (χ2v) is 8.72. The largest absolute Gasteiger partial charge is 0.458 e. The number of aliphatic hydroxyl groups is 2. The van der Waals surface area contributed by atoms with Crippen LogP contribution in [0.4, 0.5) is 0 Å². The van der Waals surface area contributed by atoms with Crippen LogP contribution < -0.4 is 0 Å². The van der Waals surface area contributed by atoms with Gasteiger partial charge in [-0.2, -0.15) is 0 Å². The summed E-state index contributed by atoms with van der Waals surface area (Å²) >= 11 is 0. The van der Waals surface area contributed by atoms with E-state index in [0.29, 0.717) is 6.42 Å². The van der Waals surface area contributed by atoms with Gasteiger partial charge < -0.3 is 19.7 Å². The lowest BCUT2D eigenvalue weighted by Crippen LogP contribution is -2.55. The van der Waals surface area contributed by atoms with Crippen molar-refractivity contribution in [2.24, 2.45) is 22.7 Å². The Hall–Kier alpha value is -1.66. The molecular weight excluding hydrogens is 336 g/mol. The van der Waals surface area contributed by atoms with Crippen LogP contribution in [0.15, 0.2) is 23.3 Å². The molecule has 2 aliphatic heterocycles. The summed E-state index contributed by atoms with van der Waals surface area (Å²) in [5, 5.41) is 20.6. The summed E-state index contributed by atoms with van der Waals surface area (Å²) in [7, 11) is 0. The van der Waals surface area contributed by atoms with Gasteiger partial charge in [0, 0.05) is 22.6 Å². The zero-order valence-corrected chi connectivity index (χ0v) is 15.4. The van der Waals surface area contributed by atoms with Crippen molar-refractivity contribution in [3.63, 3.8) is 0 Å². The van der Waals surface area contributed by atoms with Crippen molar-refractivity contribution in [1.29, 1.82) is 0 Å². The van der Waals surface area contributed by atoms with Gasteiger partial charge in [0.25, 0.3) is 0 Å². The molecule has 142 valence electrons. The summed E-state index contributed by atoms with van der Waals surface area (Å²) in [4.78, 5) is 23.7. The Kier molecular flexibility index (Phi) is 3.87. The number of allylic oxidation sites excluding steroid dienone is 1. The number of rotatable bonds is 3. The molecule has 0 spiro atoms. The molecule has 2 heterocycles. The molecule has 4 aliphatic rings. The van der Waals surface area contributed by atoms with Crippen LogP contribution in [-0.4, -0.2) is 40.6 Å². The molecule has 0 aromatic heterocycles. The molecule has 26 heavy (non-hydrogen) atoms. The normalized spacial score (nSPS) is 45.4. The van der Waals surface area contributed by atoms with Gasteiger partial charge in [-0.15, -0.1) is 0 Å².